The van der Waals surface area contributed by atoms with E-state index in [9.17, 15) is 27.9 Å². The average molecular weight is 339 g/mol. The number of aliphatic hydroxyl groups excluding tert-OH is 1. The van der Waals surface area contributed by atoms with Crippen molar-refractivity contribution in [1.82, 2.24) is 4.57 Å². The molecule has 0 atom stereocenters. The van der Waals surface area contributed by atoms with Crippen molar-refractivity contribution < 1.29 is 33.0 Å². The molecule has 2 rings (SSSR count). The van der Waals surface area contributed by atoms with E-state index in [-0.39, 0.29) is 12.2 Å². The maximum absolute atomic E-state index is 12.5. The molecule has 0 bridgehead atoms. The Bertz CT molecular complexity index is 788. The Balaban J connectivity index is 2.22. The first-order valence-electron chi connectivity index (χ1n) is 6.68. The fraction of sp³-hybridized carbons (Fsp3) is 0.125. The van der Waals surface area contributed by atoms with E-state index >= 15 is 0 Å². The molecule has 0 amide bonds. The van der Waals surface area contributed by atoms with Gasteiger partial charge in [0.25, 0.3) is 5.78 Å². The SMILES string of the molecule is O=C(O)C(=O)/C=C(\O)c1cccn1Cc1ccc(C(F)(F)F)cc1. The van der Waals surface area contributed by atoms with Gasteiger partial charge in [0.15, 0.2) is 0 Å². The molecule has 0 unspecified atom stereocenters. The van der Waals surface area contributed by atoms with Crippen molar-refractivity contribution in [3.05, 3.63) is 65.5 Å². The summed E-state index contributed by atoms with van der Waals surface area (Å²) in [5, 5.41) is 18.4. The Morgan fingerprint density at radius 2 is 1.71 bits per heavy atom. The molecule has 0 aliphatic rings. The van der Waals surface area contributed by atoms with Gasteiger partial charge in [-0.25, -0.2) is 4.79 Å². The smallest absolute Gasteiger partial charge is 0.416 e. The predicted octanol–water partition coefficient (Wildman–Crippen LogP) is 3.11. The van der Waals surface area contributed by atoms with Crippen LogP contribution in [0.5, 0.6) is 0 Å². The summed E-state index contributed by atoms with van der Waals surface area (Å²) in [5.74, 6) is -3.53. The number of carbonyl (C=O) groups excluding carboxylic acids is 1. The first kappa shape index (κ1) is 17.3. The number of halogens is 3. The molecule has 0 aliphatic heterocycles. The van der Waals surface area contributed by atoms with Crippen molar-refractivity contribution in [1.29, 1.82) is 0 Å². The third kappa shape index (κ3) is 4.03. The van der Waals surface area contributed by atoms with E-state index in [4.69, 9.17) is 5.11 Å². The van der Waals surface area contributed by atoms with Crippen LogP contribution in [0.1, 0.15) is 16.8 Å². The lowest BCUT2D eigenvalue weighted by molar-refractivity contribution is -0.146. The second kappa shape index (κ2) is 6.61. The third-order valence-corrected chi connectivity index (χ3v) is 3.20. The predicted molar refractivity (Wildman–Crippen MR) is 78.2 cm³/mol. The number of aromatic nitrogens is 1. The summed E-state index contributed by atoms with van der Waals surface area (Å²) in [6, 6.07) is 7.50. The number of ketones is 1. The van der Waals surface area contributed by atoms with E-state index in [0.29, 0.717) is 11.6 Å². The van der Waals surface area contributed by atoms with Gasteiger partial charge < -0.3 is 14.8 Å². The molecule has 5 nitrogen and oxygen atoms in total. The fourth-order valence-electron chi connectivity index (χ4n) is 2.04. The maximum Gasteiger partial charge on any atom is 0.416 e. The van der Waals surface area contributed by atoms with Crippen LogP contribution < -0.4 is 0 Å². The topological polar surface area (TPSA) is 79.5 Å². The van der Waals surface area contributed by atoms with Crippen LogP contribution in [0.15, 0.2) is 48.7 Å². The molecule has 0 saturated heterocycles. The molecule has 1 aromatic carbocycles. The van der Waals surface area contributed by atoms with Gasteiger partial charge in [0.2, 0.25) is 0 Å². The van der Waals surface area contributed by atoms with Crippen LogP contribution in [0, 0.1) is 0 Å². The van der Waals surface area contributed by atoms with Crippen LogP contribution in [-0.2, 0) is 22.3 Å². The van der Waals surface area contributed by atoms with Gasteiger partial charge in [-0.15, -0.1) is 0 Å². The monoisotopic (exact) mass is 339 g/mol. The van der Waals surface area contributed by atoms with Crippen molar-refractivity contribution in [3.63, 3.8) is 0 Å². The number of aliphatic carboxylic acids is 1. The minimum Gasteiger partial charge on any atom is -0.506 e. The van der Waals surface area contributed by atoms with E-state index in [1.54, 1.807) is 12.3 Å². The minimum atomic E-state index is -4.42. The van der Waals surface area contributed by atoms with E-state index < -0.39 is 29.3 Å². The molecule has 0 saturated carbocycles. The molecular formula is C16H12F3NO4. The molecule has 0 radical (unpaired) electrons. The van der Waals surface area contributed by atoms with Crippen LogP contribution in [0.25, 0.3) is 5.76 Å². The highest BCUT2D eigenvalue weighted by Gasteiger charge is 2.29. The number of nitrogens with zero attached hydrogens (tertiary/aromatic N) is 1. The van der Waals surface area contributed by atoms with Crippen LogP contribution >= 0.6 is 0 Å². The van der Waals surface area contributed by atoms with Crippen molar-refractivity contribution >= 4 is 17.5 Å². The minimum absolute atomic E-state index is 0.139. The first-order chi connectivity index (χ1) is 11.2. The largest absolute Gasteiger partial charge is 0.506 e. The molecule has 0 spiro atoms. The van der Waals surface area contributed by atoms with Crippen LogP contribution in [-0.4, -0.2) is 26.5 Å². The molecule has 8 heteroatoms. The summed E-state index contributed by atoms with van der Waals surface area (Å²) in [5.41, 5.74) is -0.0592. The van der Waals surface area contributed by atoms with Crippen molar-refractivity contribution in [2.45, 2.75) is 12.7 Å². The molecule has 0 fully saturated rings. The van der Waals surface area contributed by atoms with Gasteiger partial charge in [-0.1, -0.05) is 12.1 Å². The summed E-state index contributed by atoms with van der Waals surface area (Å²) in [4.78, 5) is 21.6. The number of carboxylic acids is 1. The summed E-state index contributed by atoms with van der Waals surface area (Å²) >= 11 is 0. The first-order valence-corrected chi connectivity index (χ1v) is 6.68. The molecule has 2 aromatic rings. The van der Waals surface area contributed by atoms with Crippen molar-refractivity contribution in [2.24, 2.45) is 0 Å². The number of benzene rings is 1. The van der Waals surface area contributed by atoms with Gasteiger partial charge in [-0.2, -0.15) is 13.2 Å². The van der Waals surface area contributed by atoms with Gasteiger partial charge in [-0.3, -0.25) is 4.79 Å². The fourth-order valence-corrected chi connectivity index (χ4v) is 2.04. The van der Waals surface area contributed by atoms with E-state index in [0.717, 1.165) is 12.1 Å². The second-order valence-corrected chi connectivity index (χ2v) is 4.91. The Labute approximate surface area is 134 Å². The summed E-state index contributed by atoms with van der Waals surface area (Å²) < 4.78 is 39.1. The molecule has 1 aromatic heterocycles. The summed E-state index contributed by atoms with van der Waals surface area (Å²) in [7, 11) is 0. The Hall–Kier alpha value is -3.03. The normalized spacial score (nSPS) is 12.2. The standard InChI is InChI=1S/C16H12F3NO4/c17-16(18,19)11-5-3-10(4-6-11)9-20-7-1-2-12(20)13(21)8-14(22)15(23)24/h1-8,21H,9H2,(H,23,24)/b13-8-. The van der Waals surface area contributed by atoms with E-state index in [1.165, 1.54) is 22.8 Å². The van der Waals surface area contributed by atoms with Gasteiger partial charge in [-0.05, 0) is 29.8 Å². The Morgan fingerprint density at radius 1 is 1.08 bits per heavy atom. The van der Waals surface area contributed by atoms with Crippen LogP contribution in [0.3, 0.4) is 0 Å². The highest BCUT2D eigenvalue weighted by Crippen LogP contribution is 2.29. The van der Waals surface area contributed by atoms with Gasteiger partial charge in [0.1, 0.15) is 5.76 Å². The number of carboxylic acid groups (broad SMARTS) is 1. The second-order valence-electron chi connectivity index (χ2n) is 4.91. The zero-order valence-corrected chi connectivity index (χ0v) is 12.1. The lowest BCUT2D eigenvalue weighted by Crippen LogP contribution is -2.11. The van der Waals surface area contributed by atoms with Gasteiger partial charge in [0.05, 0.1) is 11.3 Å². The number of rotatable bonds is 5. The van der Waals surface area contributed by atoms with Gasteiger partial charge >= 0.3 is 12.1 Å². The molecule has 126 valence electrons. The molecule has 24 heavy (non-hydrogen) atoms. The number of carbonyl (C=O) groups is 2. The molecule has 1 heterocycles. The van der Waals surface area contributed by atoms with Crippen LogP contribution in [0.2, 0.25) is 0 Å². The van der Waals surface area contributed by atoms with Crippen molar-refractivity contribution in [3.8, 4) is 0 Å². The molecule has 2 N–H and O–H groups in total. The number of aliphatic hydroxyl groups is 1. The summed E-state index contributed by atoms with van der Waals surface area (Å²) in [6.45, 7) is 0.139. The number of hydrogen-bond donors (Lipinski definition) is 2. The lowest BCUT2D eigenvalue weighted by atomic mass is 10.1. The van der Waals surface area contributed by atoms with E-state index in [1.807, 2.05) is 0 Å². The number of hydrogen-bond acceptors (Lipinski definition) is 3. The quantitative estimate of drug-likeness (QED) is 0.498. The van der Waals surface area contributed by atoms with Gasteiger partial charge in [0, 0.05) is 18.8 Å². The zero-order chi connectivity index (χ0) is 17.9. The zero-order valence-electron chi connectivity index (χ0n) is 12.1. The Kier molecular flexibility index (Phi) is 4.77. The summed E-state index contributed by atoms with van der Waals surface area (Å²) in [6.07, 6.45) is -2.31. The molecule has 0 aliphatic carbocycles. The van der Waals surface area contributed by atoms with Crippen LogP contribution in [0.4, 0.5) is 13.2 Å². The highest BCUT2D eigenvalue weighted by molar-refractivity contribution is 6.38. The molecular weight excluding hydrogens is 327 g/mol. The number of alkyl halides is 3. The maximum atomic E-state index is 12.5. The van der Waals surface area contributed by atoms with E-state index in [2.05, 4.69) is 0 Å². The lowest BCUT2D eigenvalue weighted by Gasteiger charge is -2.10. The average Bonchev–Trinajstić information content (AvgIpc) is 2.95. The Morgan fingerprint density at radius 3 is 2.25 bits per heavy atom. The van der Waals surface area contributed by atoms with Crippen molar-refractivity contribution in [2.75, 3.05) is 0 Å². The third-order valence-electron chi connectivity index (χ3n) is 3.20. The highest BCUT2D eigenvalue weighted by atomic mass is 19.4.